The molecule has 3 aromatic rings. The second kappa shape index (κ2) is 6.34. The second-order valence-corrected chi connectivity index (χ2v) is 6.59. The topological polar surface area (TPSA) is 42.0 Å². The average Bonchev–Trinajstić information content (AvgIpc) is 2.97. The normalized spacial score (nSPS) is 10.6. The summed E-state index contributed by atoms with van der Waals surface area (Å²) in [5, 5.41) is 6.04. The Morgan fingerprint density at radius 1 is 1.04 bits per heavy atom. The van der Waals surface area contributed by atoms with Gasteiger partial charge in [-0.25, -0.2) is 4.98 Å². The van der Waals surface area contributed by atoms with Crippen LogP contribution in [-0.2, 0) is 0 Å². The number of rotatable bonds is 3. The van der Waals surface area contributed by atoms with Gasteiger partial charge in [-0.3, -0.25) is 4.79 Å². The predicted molar refractivity (Wildman–Crippen MR) is 96.2 cm³/mol. The zero-order valence-electron chi connectivity index (χ0n) is 13.4. The largest absolute Gasteiger partial charge is 0.322 e. The summed E-state index contributed by atoms with van der Waals surface area (Å²) in [7, 11) is 0. The molecule has 0 atom stereocenters. The zero-order chi connectivity index (χ0) is 16.4. The molecule has 1 N–H and O–H groups in total. The van der Waals surface area contributed by atoms with E-state index in [0.717, 1.165) is 33.1 Å². The van der Waals surface area contributed by atoms with E-state index in [-0.39, 0.29) is 5.91 Å². The monoisotopic (exact) mass is 322 g/mol. The smallest absolute Gasteiger partial charge is 0.255 e. The number of aromatic nitrogens is 1. The van der Waals surface area contributed by atoms with Crippen LogP contribution in [0.2, 0.25) is 0 Å². The van der Waals surface area contributed by atoms with Crippen LogP contribution in [0.1, 0.15) is 26.5 Å². The van der Waals surface area contributed by atoms with Crippen LogP contribution in [0.25, 0.3) is 11.3 Å². The third-order valence-corrected chi connectivity index (χ3v) is 4.68. The van der Waals surface area contributed by atoms with Gasteiger partial charge in [0, 0.05) is 22.2 Å². The van der Waals surface area contributed by atoms with Crippen molar-refractivity contribution >= 4 is 22.9 Å². The summed E-state index contributed by atoms with van der Waals surface area (Å²) in [6.07, 6.45) is 0. The number of nitrogens with one attached hydrogen (secondary N) is 1. The Bertz CT molecular complexity index is 850. The Morgan fingerprint density at radius 3 is 2.43 bits per heavy atom. The van der Waals surface area contributed by atoms with Crippen LogP contribution < -0.4 is 5.32 Å². The molecule has 1 aromatic heterocycles. The molecule has 1 heterocycles. The molecule has 4 heteroatoms. The van der Waals surface area contributed by atoms with E-state index in [2.05, 4.69) is 10.3 Å². The lowest BCUT2D eigenvalue weighted by atomic mass is 10.0. The van der Waals surface area contributed by atoms with Gasteiger partial charge in [0.2, 0.25) is 0 Å². The van der Waals surface area contributed by atoms with Crippen molar-refractivity contribution in [1.29, 1.82) is 0 Å². The first-order valence-corrected chi connectivity index (χ1v) is 8.32. The third kappa shape index (κ3) is 3.32. The Balaban J connectivity index is 1.78. The highest BCUT2D eigenvalue weighted by molar-refractivity contribution is 7.09. The van der Waals surface area contributed by atoms with E-state index in [0.29, 0.717) is 5.56 Å². The highest BCUT2D eigenvalue weighted by Gasteiger charge is 2.10. The molecule has 23 heavy (non-hydrogen) atoms. The van der Waals surface area contributed by atoms with E-state index in [1.165, 1.54) is 0 Å². The minimum absolute atomic E-state index is 0.0801. The fraction of sp³-hybridized carbons (Fsp3) is 0.158. The van der Waals surface area contributed by atoms with Crippen LogP contribution in [0.4, 0.5) is 5.69 Å². The molecule has 0 bridgehead atoms. The van der Waals surface area contributed by atoms with Gasteiger partial charge in [0.05, 0.1) is 10.7 Å². The summed E-state index contributed by atoms with van der Waals surface area (Å²) in [5.74, 6) is -0.0801. The zero-order valence-corrected chi connectivity index (χ0v) is 14.2. The molecule has 0 spiro atoms. The van der Waals surface area contributed by atoms with E-state index in [1.54, 1.807) is 11.3 Å². The minimum Gasteiger partial charge on any atom is -0.322 e. The maximum absolute atomic E-state index is 12.4. The molecular weight excluding hydrogens is 304 g/mol. The van der Waals surface area contributed by atoms with E-state index < -0.39 is 0 Å². The van der Waals surface area contributed by atoms with E-state index in [9.17, 15) is 4.79 Å². The van der Waals surface area contributed by atoms with Crippen molar-refractivity contribution in [3.8, 4) is 11.3 Å². The first-order chi connectivity index (χ1) is 11.0. The third-order valence-electron chi connectivity index (χ3n) is 3.91. The number of aryl methyl sites for hydroxylation is 2. The number of anilines is 1. The maximum atomic E-state index is 12.4. The van der Waals surface area contributed by atoms with Crippen LogP contribution in [-0.4, -0.2) is 10.9 Å². The average molecular weight is 322 g/mol. The quantitative estimate of drug-likeness (QED) is 0.738. The van der Waals surface area contributed by atoms with Crippen LogP contribution in [0.5, 0.6) is 0 Å². The summed E-state index contributed by atoms with van der Waals surface area (Å²) < 4.78 is 0. The van der Waals surface area contributed by atoms with Gasteiger partial charge in [-0.05, 0) is 50.1 Å². The number of carbonyl (C=O) groups excluding carboxylic acids is 1. The summed E-state index contributed by atoms with van der Waals surface area (Å²) in [4.78, 5) is 16.9. The molecule has 0 saturated heterocycles. The van der Waals surface area contributed by atoms with E-state index in [4.69, 9.17) is 0 Å². The van der Waals surface area contributed by atoms with Crippen molar-refractivity contribution in [2.24, 2.45) is 0 Å². The highest BCUT2D eigenvalue weighted by Crippen LogP contribution is 2.23. The van der Waals surface area contributed by atoms with Crippen molar-refractivity contribution < 1.29 is 4.79 Å². The van der Waals surface area contributed by atoms with Gasteiger partial charge in [-0.1, -0.05) is 24.3 Å². The molecule has 0 aliphatic heterocycles. The van der Waals surface area contributed by atoms with Gasteiger partial charge in [0.1, 0.15) is 0 Å². The lowest BCUT2D eigenvalue weighted by molar-refractivity contribution is 0.102. The fourth-order valence-corrected chi connectivity index (χ4v) is 3.04. The van der Waals surface area contributed by atoms with Gasteiger partial charge in [0.15, 0.2) is 0 Å². The van der Waals surface area contributed by atoms with Crippen LogP contribution in [0, 0.1) is 20.8 Å². The van der Waals surface area contributed by atoms with Gasteiger partial charge in [-0.2, -0.15) is 0 Å². The molecule has 1 amide bonds. The Hall–Kier alpha value is -2.46. The van der Waals surface area contributed by atoms with Crippen molar-refractivity contribution in [3.05, 3.63) is 69.5 Å². The summed E-state index contributed by atoms with van der Waals surface area (Å²) in [6.45, 7) is 5.97. The van der Waals surface area contributed by atoms with Crippen LogP contribution >= 0.6 is 11.3 Å². The molecule has 0 radical (unpaired) electrons. The number of thiazole rings is 1. The predicted octanol–water partition coefficient (Wildman–Crippen LogP) is 4.99. The molecular formula is C19H18N2OS. The molecule has 0 aliphatic carbocycles. The second-order valence-electron chi connectivity index (χ2n) is 5.53. The van der Waals surface area contributed by atoms with Gasteiger partial charge in [-0.15, -0.1) is 11.3 Å². The highest BCUT2D eigenvalue weighted by atomic mass is 32.1. The number of nitrogens with zero attached hydrogens (tertiary/aromatic N) is 1. The standard InChI is InChI=1S/C19H18N2OS/c1-12-5-4-6-17(13(12)2)19(22)21-16-9-7-15(8-10-16)18-11-23-14(3)20-18/h4-11H,1-3H3,(H,21,22). The molecule has 0 fully saturated rings. The minimum atomic E-state index is -0.0801. The van der Waals surface area contributed by atoms with Crippen molar-refractivity contribution in [3.63, 3.8) is 0 Å². The SMILES string of the molecule is Cc1nc(-c2ccc(NC(=O)c3cccc(C)c3C)cc2)cs1. The number of hydrogen-bond acceptors (Lipinski definition) is 3. The van der Waals surface area contributed by atoms with E-state index in [1.807, 2.05) is 68.6 Å². The molecule has 3 nitrogen and oxygen atoms in total. The Kier molecular flexibility index (Phi) is 4.26. The number of amides is 1. The van der Waals surface area contributed by atoms with Crippen molar-refractivity contribution in [2.45, 2.75) is 20.8 Å². The number of carbonyl (C=O) groups is 1. The first-order valence-electron chi connectivity index (χ1n) is 7.45. The summed E-state index contributed by atoms with van der Waals surface area (Å²) in [5.41, 5.74) is 5.65. The fourth-order valence-electron chi connectivity index (χ4n) is 2.42. The van der Waals surface area contributed by atoms with Crippen molar-refractivity contribution in [1.82, 2.24) is 4.98 Å². The van der Waals surface area contributed by atoms with Crippen molar-refractivity contribution in [2.75, 3.05) is 5.32 Å². The molecule has 0 aliphatic rings. The number of benzene rings is 2. The Morgan fingerprint density at radius 2 is 1.78 bits per heavy atom. The molecule has 2 aromatic carbocycles. The molecule has 0 saturated carbocycles. The first kappa shape index (κ1) is 15.4. The molecule has 0 unspecified atom stereocenters. The molecule has 3 rings (SSSR count). The maximum Gasteiger partial charge on any atom is 0.255 e. The van der Waals surface area contributed by atoms with Crippen LogP contribution in [0.3, 0.4) is 0 Å². The summed E-state index contributed by atoms with van der Waals surface area (Å²) in [6, 6.07) is 13.5. The lowest BCUT2D eigenvalue weighted by Gasteiger charge is -2.10. The molecule has 116 valence electrons. The van der Waals surface area contributed by atoms with Gasteiger partial charge < -0.3 is 5.32 Å². The lowest BCUT2D eigenvalue weighted by Crippen LogP contribution is -2.13. The Labute approximate surface area is 140 Å². The van der Waals surface area contributed by atoms with Crippen LogP contribution in [0.15, 0.2) is 47.8 Å². The van der Waals surface area contributed by atoms with Gasteiger partial charge in [0.25, 0.3) is 5.91 Å². The van der Waals surface area contributed by atoms with Gasteiger partial charge >= 0.3 is 0 Å². The number of hydrogen-bond donors (Lipinski definition) is 1. The van der Waals surface area contributed by atoms with E-state index >= 15 is 0 Å². The summed E-state index contributed by atoms with van der Waals surface area (Å²) >= 11 is 1.63.